The van der Waals surface area contributed by atoms with E-state index in [0.717, 1.165) is 5.56 Å². The number of pyridine rings is 1. The molecule has 0 saturated heterocycles. The van der Waals surface area contributed by atoms with Gasteiger partial charge in [-0.05, 0) is 60.9 Å². The molecule has 2 amide bonds. The molecule has 0 radical (unpaired) electrons. The molecule has 0 aliphatic rings. The van der Waals surface area contributed by atoms with Gasteiger partial charge < -0.3 is 19.8 Å². The minimum Gasteiger partial charge on any atom is -0.459 e. The maximum Gasteiger partial charge on any atom is 0.287 e. The van der Waals surface area contributed by atoms with Crippen molar-refractivity contribution in [1.29, 1.82) is 5.26 Å². The number of anilines is 1. The summed E-state index contributed by atoms with van der Waals surface area (Å²) in [6, 6.07) is 12.8. The first-order valence-corrected chi connectivity index (χ1v) is 9.68. The second-order valence-electron chi connectivity index (χ2n) is 7.21. The smallest absolute Gasteiger partial charge is 0.287 e. The molecule has 2 heterocycles. The molecule has 31 heavy (non-hydrogen) atoms. The Morgan fingerprint density at radius 1 is 1.19 bits per heavy atom. The minimum absolute atomic E-state index is 0.141. The van der Waals surface area contributed by atoms with Gasteiger partial charge in [-0.25, -0.2) is 4.98 Å². The highest BCUT2D eigenvalue weighted by Gasteiger charge is 2.26. The van der Waals surface area contributed by atoms with Crippen LogP contribution in [0.4, 0.5) is 5.69 Å². The molecule has 158 valence electrons. The van der Waals surface area contributed by atoms with Gasteiger partial charge >= 0.3 is 0 Å². The normalized spacial score (nSPS) is 11.5. The summed E-state index contributed by atoms with van der Waals surface area (Å²) in [4.78, 5) is 29.2. The van der Waals surface area contributed by atoms with Crippen LogP contribution >= 0.6 is 0 Å². The van der Waals surface area contributed by atoms with Crippen LogP contribution in [-0.2, 0) is 4.79 Å². The van der Waals surface area contributed by atoms with E-state index in [0.29, 0.717) is 17.0 Å². The van der Waals surface area contributed by atoms with Crippen molar-refractivity contribution in [1.82, 2.24) is 10.3 Å². The summed E-state index contributed by atoms with van der Waals surface area (Å²) in [5, 5.41) is 14.7. The number of aryl methyl sites for hydroxylation is 1. The molecule has 1 unspecified atom stereocenters. The predicted molar refractivity (Wildman–Crippen MR) is 114 cm³/mol. The molecular weight excluding hydrogens is 396 g/mol. The number of amides is 2. The van der Waals surface area contributed by atoms with Crippen LogP contribution in [0.1, 0.15) is 35.5 Å². The Balaban J connectivity index is 1.71. The van der Waals surface area contributed by atoms with E-state index >= 15 is 0 Å². The highest BCUT2D eigenvalue weighted by molar-refractivity contribution is 6.00. The molecule has 0 fully saturated rings. The molecule has 2 aromatic heterocycles. The van der Waals surface area contributed by atoms with Crippen LogP contribution in [0.3, 0.4) is 0 Å². The van der Waals surface area contributed by atoms with E-state index in [4.69, 9.17) is 14.4 Å². The van der Waals surface area contributed by atoms with Gasteiger partial charge in [0.05, 0.1) is 6.26 Å². The molecule has 8 heteroatoms. The van der Waals surface area contributed by atoms with Crippen LogP contribution in [0.25, 0.3) is 0 Å². The lowest BCUT2D eigenvalue weighted by Gasteiger charge is -2.22. The third-order valence-electron chi connectivity index (χ3n) is 4.54. The number of hydrogen-bond donors (Lipinski definition) is 2. The van der Waals surface area contributed by atoms with Crippen molar-refractivity contribution >= 4 is 17.5 Å². The van der Waals surface area contributed by atoms with E-state index in [1.54, 1.807) is 42.6 Å². The number of nitrogens with one attached hydrogen (secondary N) is 2. The number of rotatable bonds is 7. The summed E-state index contributed by atoms with van der Waals surface area (Å²) in [6.07, 6.45) is 2.94. The maximum atomic E-state index is 12.8. The molecule has 3 aromatic rings. The minimum atomic E-state index is -0.750. The third kappa shape index (κ3) is 5.28. The van der Waals surface area contributed by atoms with Crippen LogP contribution < -0.4 is 15.4 Å². The SMILES string of the molecule is Cc1cc(Oc2ncccc2C#N)ccc1NC(=O)C(NC(=O)c1ccco1)C(C)C. The van der Waals surface area contributed by atoms with Gasteiger partial charge in [0.1, 0.15) is 23.4 Å². The standard InChI is InChI=1S/C23H22N4O4/c1-14(2)20(27-21(28)19-7-5-11-30-19)22(29)26-18-9-8-17(12-15(18)3)31-23-16(13-24)6-4-10-25-23/h4-12,14,20H,1-3H3,(H,26,29)(H,27,28). The Morgan fingerprint density at radius 2 is 2.00 bits per heavy atom. The van der Waals surface area contributed by atoms with Crippen molar-refractivity contribution in [2.45, 2.75) is 26.8 Å². The Kier molecular flexibility index (Phi) is 6.67. The molecule has 0 aliphatic carbocycles. The van der Waals surface area contributed by atoms with Gasteiger partial charge in [-0.2, -0.15) is 5.26 Å². The van der Waals surface area contributed by atoms with E-state index in [1.807, 2.05) is 26.8 Å². The molecule has 0 spiro atoms. The Labute approximate surface area is 179 Å². The van der Waals surface area contributed by atoms with Gasteiger partial charge in [-0.3, -0.25) is 9.59 Å². The zero-order valence-corrected chi connectivity index (χ0v) is 17.4. The number of nitriles is 1. The van der Waals surface area contributed by atoms with Crippen molar-refractivity contribution in [3.05, 3.63) is 71.8 Å². The van der Waals surface area contributed by atoms with Crippen LogP contribution in [-0.4, -0.2) is 22.8 Å². The average Bonchev–Trinajstić information content (AvgIpc) is 3.29. The van der Waals surface area contributed by atoms with Gasteiger partial charge in [0.15, 0.2) is 5.76 Å². The summed E-state index contributed by atoms with van der Waals surface area (Å²) < 4.78 is 10.8. The second kappa shape index (κ2) is 9.59. The first kappa shape index (κ1) is 21.6. The summed E-state index contributed by atoms with van der Waals surface area (Å²) >= 11 is 0. The highest BCUT2D eigenvalue weighted by atomic mass is 16.5. The number of ether oxygens (including phenoxy) is 1. The van der Waals surface area contributed by atoms with E-state index < -0.39 is 11.9 Å². The van der Waals surface area contributed by atoms with Gasteiger partial charge in [0, 0.05) is 11.9 Å². The quantitative estimate of drug-likeness (QED) is 0.598. The van der Waals surface area contributed by atoms with Crippen LogP contribution in [0.2, 0.25) is 0 Å². The Hall–Kier alpha value is -4.12. The molecule has 0 saturated carbocycles. The van der Waals surface area contributed by atoms with Crippen molar-refractivity contribution in [2.24, 2.45) is 5.92 Å². The van der Waals surface area contributed by atoms with E-state index in [2.05, 4.69) is 15.6 Å². The second-order valence-corrected chi connectivity index (χ2v) is 7.21. The third-order valence-corrected chi connectivity index (χ3v) is 4.54. The molecule has 1 atom stereocenters. The zero-order valence-electron chi connectivity index (χ0n) is 17.4. The summed E-state index contributed by atoms with van der Waals surface area (Å²) in [6.45, 7) is 5.50. The largest absolute Gasteiger partial charge is 0.459 e. The van der Waals surface area contributed by atoms with Gasteiger partial charge in [-0.1, -0.05) is 13.8 Å². The fraction of sp³-hybridized carbons (Fsp3) is 0.217. The van der Waals surface area contributed by atoms with Crippen LogP contribution in [0.15, 0.2) is 59.3 Å². The number of furan rings is 1. The highest BCUT2D eigenvalue weighted by Crippen LogP contribution is 2.27. The number of carbonyl (C=O) groups excluding carboxylic acids is 2. The number of nitrogens with zero attached hydrogens (tertiary/aromatic N) is 2. The molecule has 3 rings (SSSR count). The summed E-state index contributed by atoms with van der Waals surface area (Å²) in [5.41, 5.74) is 1.65. The monoisotopic (exact) mass is 418 g/mol. The Bertz CT molecular complexity index is 1120. The van der Waals surface area contributed by atoms with Gasteiger partial charge in [0.25, 0.3) is 5.91 Å². The van der Waals surface area contributed by atoms with Crippen molar-refractivity contribution in [3.8, 4) is 17.7 Å². The van der Waals surface area contributed by atoms with Crippen molar-refractivity contribution in [2.75, 3.05) is 5.32 Å². The summed E-state index contributed by atoms with van der Waals surface area (Å²) in [7, 11) is 0. The molecule has 2 N–H and O–H groups in total. The van der Waals surface area contributed by atoms with Gasteiger partial charge in [-0.15, -0.1) is 0 Å². The lowest BCUT2D eigenvalue weighted by Crippen LogP contribution is -2.47. The topological polar surface area (TPSA) is 117 Å². The van der Waals surface area contributed by atoms with Crippen LogP contribution in [0, 0.1) is 24.2 Å². The van der Waals surface area contributed by atoms with Gasteiger partial charge in [0.2, 0.25) is 11.8 Å². The van der Waals surface area contributed by atoms with E-state index in [9.17, 15) is 9.59 Å². The molecular formula is C23H22N4O4. The first-order valence-electron chi connectivity index (χ1n) is 9.68. The molecule has 0 bridgehead atoms. The van der Waals surface area contributed by atoms with Crippen molar-refractivity contribution in [3.63, 3.8) is 0 Å². The fourth-order valence-corrected chi connectivity index (χ4v) is 2.87. The zero-order chi connectivity index (χ0) is 22.4. The predicted octanol–water partition coefficient (Wildman–Crippen LogP) is 4.04. The number of benzene rings is 1. The first-order chi connectivity index (χ1) is 14.9. The molecule has 0 aliphatic heterocycles. The number of hydrogen-bond acceptors (Lipinski definition) is 6. The molecule has 8 nitrogen and oxygen atoms in total. The lowest BCUT2D eigenvalue weighted by molar-refractivity contribution is -0.118. The van der Waals surface area contributed by atoms with Crippen LogP contribution in [0.5, 0.6) is 11.6 Å². The number of carbonyl (C=O) groups is 2. The summed E-state index contributed by atoms with van der Waals surface area (Å²) in [5.74, 6) is -0.108. The van der Waals surface area contributed by atoms with Crippen molar-refractivity contribution < 1.29 is 18.7 Å². The molecule has 1 aromatic carbocycles. The van der Waals surface area contributed by atoms with E-state index in [1.165, 1.54) is 12.3 Å². The average molecular weight is 418 g/mol. The fourth-order valence-electron chi connectivity index (χ4n) is 2.87. The maximum absolute atomic E-state index is 12.8. The van der Waals surface area contributed by atoms with E-state index in [-0.39, 0.29) is 23.5 Å². The number of aromatic nitrogens is 1. The Morgan fingerprint density at radius 3 is 2.65 bits per heavy atom. The lowest BCUT2D eigenvalue weighted by atomic mass is 10.0.